The van der Waals surface area contributed by atoms with E-state index in [4.69, 9.17) is 5.11 Å². The Morgan fingerprint density at radius 3 is 3.08 bits per heavy atom. The molecular formula is C18H22N6O2. The van der Waals surface area contributed by atoms with Crippen LogP contribution in [-0.2, 0) is 25.8 Å². The molecule has 0 aromatic carbocycles. The van der Waals surface area contributed by atoms with Crippen LogP contribution in [0.25, 0.3) is 5.65 Å². The fourth-order valence-electron chi connectivity index (χ4n) is 3.41. The van der Waals surface area contributed by atoms with Gasteiger partial charge in [0.2, 0.25) is 0 Å². The van der Waals surface area contributed by atoms with Crippen molar-refractivity contribution in [1.82, 2.24) is 30.1 Å². The number of aryl methyl sites for hydroxylation is 1. The fourth-order valence-corrected chi connectivity index (χ4v) is 3.41. The molecule has 3 N–H and O–H groups in total. The number of aliphatic hydroxyl groups excluding tert-OH is 1. The summed E-state index contributed by atoms with van der Waals surface area (Å²) >= 11 is 0. The van der Waals surface area contributed by atoms with Crippen LogP contribution in [0.4, 0.5) is 0 Å². The van der Waals surface area contributed by atoms with E-state index in [9.17, 15) is 4.79 Å². The number of carbonyl (C=O) groups excluding carboxylic acids is 1. The molecule has 0 bridgehead atoms. The molecule has 3 aromatic heterocycles. The molecule has 1 aliphatic carbocycles. The molecule has 4 rings (SSSR count). The van der Waals surface area contributed by atoms with Gasteiger partial charge in [-0.25, -0.2) is 9.50 Å². The predicted octanol–water partition coefficient (Wildman–Crippen LogP) is 1.19. The van der Waals surface area contributed by atoms with Crippen molar-refractivity contribution in [3.05, 3.63) is 46.7 Å². The minimum Gasteiger partial charge on any atom is -0.396 e. The average molecular weight is 354 g/mol. The van der Waals surface area contributed by atoms with Crippen molar-refractivity contribution in [3.63, 3.8) is 0 Å². The van der Waals surface area contributed by atoms with Crippen LogP contribution < -0.4 is 5.32 Å². The molecule has 0 unspecified atom stereocenters. The predicted molar refractivity (Wildman–Crippen MR) is 94.8 cm³/mol. The minimum absolute atomic E-state index is 0.0514. The maximum atomic E-state index is 12.5. The van der Waals surface area contributed by atoms with E-state index >= 15 is 0 Å². The van der Waals surface area contributed by atoms with Gasteiger partial charge in [0.05, 0.1) is 12.2 Å². The van der Waals surface area contributed by atoms with Crippen LogP contribution in [-0.4, -0.2) is 42.4 Å². The van der Waals surface area contributed by atoms with Gasteiger partial charge in [0.1, 0.15) is 0 Å². The molecule has 136 valence electrons. The van der Waals surface area contributed by atoms with Gasteiger partial charge in [0, 0.05) is 30.8 Å². The van der Waals surface area contributed by atoms with Crippen LogP contribution in [0.1, 0.15) is 52.3 Å². The third kappa shape index (κ3) is 3.32. The summed E-state index contributed by atoms with van der Waals surface area (Å²) in [5.74, 6) is -0.246. The molecule has 0 saturated carbocycles. The summed E-state index contributed by atoms with van der Waals surface area (Å²) in [6.07, 6.45) is 9.62. The van der Waals surface area contributed by atoms with E-state index in [1.807, 2.05) is 0 Å². The zero-order valence-corrected chi connectivity index (χ0v) is 14.5. The Hall–Kier alpha value is -2.74. The summed E-state index contributed by atoms with van der Waals surface area (Å²) in [5.41, 5.74) is 5.18. The van der Waals surface area contributed by atoms with Crippen molar-refractivity contribution in [2.75, 3.05) is 6.61 Å². The lowest BCUT2D eigenvalue weighted by atomic mass is 10.1. The smallest absolute Gasteiger partial charge is 0.272 e. The molecular weight excluding hydrogens is 332 g/mol. The second kappa shape index (κ2) is 7.25. The monoisotopic (exact) mass is 354 g/mol. The number of fused-ring (bicyclic) bond motifs is 2. The van der Waals surface area contributed by atoms with E-state index in [0.29, 0.717) is 24.3 Å². The zero-order valence-electron chi connectivity index (χ0n) is 14.5. The fraction of sp³-hybridized carbons (Fsp3) is 0.444. The van der Waals surface area contributed by atoms with Crippen LogP contribution in [0.15, 0.2) is 18.5 Å². The maximum absolute atomic E-state index is 12.5. The Bertz CT molecular complexity index is 929. The number of aliphatic hydroxyl groups is 1. The van der Waals surface area contributed by atoms with Crippen LogP contribution in [0.2, 0.25) is 0 Å². The summed E-state index contributed by atoms with van der Waals surface area (Å²) in [6.45, 7) is 0.442. The Morgan fingerprint density at radius 2 is 2.19 bits per heavy atom. The van der Waals surface area contributed by atoms with Crippen LogP contribution in [0.3, 0.4) is 0 Å². The van der Waals surface area contributed by atoms with Gasteiger partial charge in [-0.3, -0.25) is 9.89 Å². The first-order valence-electron chi connectivity index (χ1n) is 9.03. The molecule has 0 radical (unpaired) electrons. The molecule has 0 aliphatic heterocycles. The summed E-state index contributed by atoms with van der Waals surface area (Å²) in [5, 5.41) is 23.7. The van der Waals surface area contributed by atoms with Crippen molar-refractivity contribution in [2.45, 2.75) is 45.1 Å². The number of H-pyrrole nitrogens is 1. The van der Waals surface area contributed by atoms with Gasteiger partial charge >= 0.3 is 0 Å². The molecule has 1 amide bonds. The molecule has 8 heteroatoms. The lowest BCUT2D eigenvalue weighted by molar-refractivity contribution is 0.0945. The highest BCUT2D eigenvalue weighted by Gasteiger charge is 2.17. The first kappa shape index (κ1) is 16.7. The highest BCUT2D eigenvalue weighted by atomic mass is 16.3. The molecule has 1 aliphatic rings. The second-order valence-electron chi connectivity index (χ2n) is 6.64. The lowest BCUT2D eigenvalue weighted by Gasteiger charge is -2.03. The van der Waals surface area contributed by atoms with E-state index in [2.05, 4.69) is 25.6 Å². The van der Waals surface area contributed by atoms with E-state index in [0.717, 1.165) is 24.1 Å². The number of aromatic nitrogens is 5. The van der Waals surface area contributed by atoms with Crippen molar-refractivity contribution >= 4 is 11.6 Å². The van der Waals surface area contributed by atoms with Gasteiger partial charge in [-0.2, -0.15) is 10.2 Å². The highest BCUT2D eigenvalue weighted by Crippen LogP contribution is 2.21. The van der Waals surface area contributed by atoms with Gasteiger partial charge in [-0.1, -0.05) is 6.42 Å². The number of amides is 1. The Kier molecular flexibility index (Phi) is 4.66. The zero-order chi connectivity index (χ0) is 17.9. The number of rotatable bonds is 5. The Labute approximate surface area is 150 Å². The Morgan fingerprint density at radius 1 is 1.31 bits per heavy atom. The molecule has 0 spiro atoms. The summed E-state index contributed by atoms with van der Waals surface area (Å²) in [6, 6.07) is 1.66. The van der Waals surface area contributed by atoms with Crippen LogP contribution in [0, 0.1) is 0 Å². The third-order valence-corrected chi connectivity index (χ3v) is 4.81. The van der Waals surface area contributed by atoms with Gasteiger partial charge < -0.3 is 10.4 Å². The van der Waals surface area contributed by atoms with Crippen molar-refractivity contribution < 1.29 is 9.90 Å². The largest absolute Gasteiger partial charge is 0.396 e. The molecule has 3 heterocycles. The molecule has 0 fully saturated rings. The number of hydrogen-bond donors (Lipinski definition) is 3. The Balaban J connectivity index is 1.47. The van der Waals surface area contributed by atoms with Gasteiger partial charge in [0.15, 0.2) is 11.3 Å². The third-order valence-electron chi connectivity index (χ3n) is 4.81. The molecule has 26 heavy (non-hydrogen) atoms. The molecule has 0 saturated heterocycles. The van der Waals surface area contributed by atoms with Gasteiger partial charge in [-0.15, -0.1) is 0 Å². The van der Waals surface area contributed by atoms with Crippen LogP contribution in [0.5, 0.6) is 0 Å². The SMILES string of the molecule is O=C(NCc1n[nH]c2c1CCCCC2)c1cc2ncc(CCO)cn2n1. The first-order valence-corrected chi connectivity index (χ1v) is 9.03. The lowest BCUT2D eigenvalue weighted by Crippen LogP contribution is -2.24. The molecule has 3 aromatic rings. The number of nitrogens with one attached hydrogen (secondary N) is 2. The van der Waals surface area contributed by atoms with E-state index in [-0.39, 0.29) is 12.5 Å². The van der Waals surface area contributed by atoms with E-state index in [1.165, 1.54) is 30.5 Å². The van der Waals surface area contributed by atoms with Crippen molar-refractivity contribution in [2.24, 2.45) is 0 Å². The number of carbonyl (C=O) groups is 1. The number of aromatic amines is 1. The first-order chi connectivity index (χ1) is 12.7. The van der Waals surface area contributed by atoms with Crippen molar-refractivity contribution in [3.8, 4) is 0 Å². The normalized spacial score (nSPS) is 14.2. The highest BCUT2D eigenvalue weighted by molar-refractivity contribution is 5.93. The standard InChI is InChI=1S/C18H22N6O2/c25-7-6-12-9-19-17-8-15(23-24(17)11-12)18(26)20-10-16-13-4-2-1-3-5-14(13)21-22-16/h8-9,11,25H,1-7,10H2,(H,20,26)(H,21,22). The van der Waals surface area contributed by atoms with Gasteiger partial charge in [-0.05, 0) is 43.2 Å². The topological polar surface area (TPSA) is 108 Å². The quantitative estimate of drug-likeness (QED) is 0.597. The van der Waals surface area contributed by atoms with Gasteiger partial charge in [0.25, 0.3) is 5.91 Å². The summed E-state index contributed by atoms with van der Waals surface area (Å²) in [7, 11) is 0. The second-order valence-corrected chi connectivity index (χ2v) is 6.64. The number of hydrogen-bond acceptors (Lipinski definition) is 5. The van der Waals surface area contributed by atoms with E-state index < -0.39 is 0 Å². The molecule has 8 nitrogen and oxygen atoms in total. The van der Waals surface area contributed by atoms with E-state index in [1.54, 1.807) is 23.0 Å². The van der Waals surface area contributed by atoms with Crippen LogP contribution >= 0.6 is 0 Å². The maximum Gasteiger partial charge on any atom is 0.272 e. The van der Waals surface area contributed by atoms with Crippen molar-refractivity contribution in [1.29, 1.82) is 0 Å². The molecule has 0 atom stereocenters. The summed E-state index contributed by atoms with van der Waals surface area (Å²) in [4.78, 5) is 16.7. The number of nitrogens with zero attached hydrogens (tertiary/aromatic N) is 4. The average Bonchev–Trinajstić information content (AvgIpc) is 3.16. The minimum atomic E-state index is -0.246. The summed E-state index contributed by atoms with van der Waals surface area (Å²) < 4.78 is 1.57.